The van der Waals surface area contributed by atoms with Crippen LogP contribution < -0.4 is 11.1 Å². The van der Waals surface area contributed by atoms with Crippen molar-refractivity contribution >= 4 is 22.9 Å². The third kappa shape index (κ3) is 2.66. The van der Waals surface area contributed by atoms with Gasteiger partial charge in [-0.05, 0) is 13.0 Å². The zero-order valence-corrected chi connectivity index (χ0v) is 11.4. The number of hydrogen-bond donors (Lipinski definition) is 2. The van der Waals surface area contributed by atoms with Gasteiger partial charge >= 0.3 is 0 Å². The maximum Gasteiger partial charge on any atom is 0.261 e. The van der Waals surface area contributed by atoms with E-state index in [1.165, 1.54) is 11.3 Å². The first-order valence-corrected chi connectivity index (χ1v) is 6.65. The Morgan fingerprint density at radius 3 is 3.00 bits per heavy atom. The number of ether oxygens (including phenoxy) is 2. The second-order valence-electron chi connectivity index (χ2n) is 4.49. The third-order valence-corrected chi connectivity index (χ3v) is 4.32. The molecule has 1 aliphatic heterocycles. The van der Waals surface area contributed by atoms with Crippen molar-refractivity contribution in [3.8, 4) is 0 Å². The van der Waals surface area contributed by atoms with Crippen molar-refractivity contribution in [3.63, 3.8) is 0 Å². The number of aryl methyl sites for hydroxylation is 1. The molecule has 1 atom stereocenters. The van der Waals surface area contributed by atoms with Crippen LogP contribution in [0.2, 0.25) is 0 Å². The lowest BCUT2D eigenvalue weighted by atomic mass is 10.0. The van der Waals surface area contributed by atoms with Crippen molar-refractivity contribution in [1.82, 2.24) is 5.32 Å². The van der Waals surface area contributed by atoms with Crippen LogP contribution in [0.25, 0.3) is 0 Å². The van der Waals surface area contributed by atoms with E-state index < -0.39 is 0 Å². The Balaban J connectivity index is 1.95. The van der Waals surface area contributed by atoms with E-state index in [4.69, 9.17) is 15.2 Å². The molecule has 1 aromatic rings. The topological polar surface area (TPSA) is 73.6 Å². The second kappa shape index (κ2) is 5.26. The monoisotopic (exact) mass is 270 g/mol. The summed E-state index contributed by atoms with van der Waals surface area (Å²) in [5.74, 6) is -0.108. The summed E-state index contributed by atoms with van der Waals surface area (Å²) in [4.78, 5) is 13.6. The van der Waals surface area contributed by atoms with Gasteiger partial charge in [-0.25, -0.2) is 0 Å². The van der Waals surface area contributed by atoms with E-state index in [0.717, 1.165) is 11.3 Å². The number of nitrogens with one attached hydrogen (secondary N) is 1. The van der Waals surface area contributed by atoms with Crippen molar-refractivity contribution in [2.24, 2.45) is 0 Å². The molecule has 1 unspecified atom stereocenters. The van der Waals surface area contributed by atoms with Gasteiger partial charge in [-0.3, -0.25) is 4.79 Å². The van der Waals surface area contributed by atoms with Crippen LogP contribution in [0, 0.1) is 6.92 Å². The zero-order chi connectivity index (χ0) is 13.2. The molecule has 1 aliphatic rings. The molecule has 0 spiro atoms. The standard InChI is InChI=1S/C12H18N2O3S/c1-8-9(13)5-10(18-8)11(15)14-6-12(16-2)3-4-17-7-12/h5H,3-4,6-7,13H2,1-2H3,(H,14,15). The Labute approximate surface area is 110 Å². The molecule has 0 saturated carbocycles. The summed E-state index contributed by atoms with van der Waals surface area (Å²) in [5.41, 5.74) is 6.02. The fraction of sp³-hybridized carbons (Fsp3) is 0.583. The van der Waals surface area contributed by atoms with Crippen LogP contribution in [0.1, 0.15) is 21.0 Å². The Hall–Kier alpha value is -1.11. The van der Waals surface area contributed by atoms with Gasteiger partial charge in [0.1, 0.15) is 5.60 Å². The summed E-state index contributed by atoms with van der Waals surface area (Å²) in [6.07, 6.45) is 0.801. The lowest BCUT2D eigenvalue weighted by molar-refractivity contribution is -0.0148. The molecule has 18 heavy (non-hydrogen) atoms. The predicted octanol–water partition coefficient (Wildman–Crippen LogP) is 1.17. The van der Waals surface area contributed by atoms with E-state index >= 15 is 0 Å². The molecule has 2 heterocycles. The highest BCUT2D eigenvalue weighted by Gasteiger charge is 2.35. The maximum absolute atomic E-state index is 12.0. The van der Waals surface area contributed by atoms with Gasteiger partial charge in [0, 0.05) is 37.2 Å². The average Bonchev–Trinajstić information content (AvgIpc) is 2.95. The number of rotatable bonds is 4. The summed E-state index contributed by atoms with van der Waals surface area (Å²) in [5, 5.41) is 2.88. The lowest BCUT2D eigenvalue weighted by Crippen LogP contribution is -2.44. The van der Waals surface area contributed by atoms with Crippen molar-refractivity contribution < 1.29 is 14.3 Å². The van der Waals surface area contributed by atoms with E-state index in [0.29, 0.717) is 30.3 Å². The van der Waals surface area contributed by atoms with Crippen LogP contribution in [0.3, 0.4) is 0 Å². The van der Waals surface area contributed by atoms with Gasteiger partial charge in [0.05, 0.1) is 11.5 Å². The Morgan fingerprint density at radius 2 is 2.50 bits per heavy atom. The van der Waals surface area contributed by atoms with E-state index in [1.807, 2.05) is 6.92 Å². The molecule has 1 amide bonds. The normalized spacial score (nSPS) is 23.2. The van der Waals surface area contributed by atoms with Gasteiger partial charge in [0.25, 0.3) is 5.91 Å². The van der Waals surface area contributed by atoms with Gasteiger partial charge in [0.15, 0.2) is 0 Å². The quantitative estimate of drug-likeness (QED) is 0.861. The fourth-order valence-corrected chi connectivity index (χ4v) is 2.76. The molecule has 1 saturated heterocycles. The molecule has 0 aliphatic carbocycles. The minimum absolute atomic E-state index is 0.108. The van der Waals surface area contributed by atoms with Gasteiger partial charge in [-0.1, -0.05) is 0 Å². The van der Waals surface area contributed by atoms with Crippen molar-refractivity contribution in [1.29, 1.82) is 0 Å². The molecular weight excluding hydrogens is 252 g/mol. The SMILES string of the molecule is COC1(CNC(=O)c2cc(N)c(C)s2)CCOC1. The largest absolute Gasteiger partial charge is 0.398 e. The van der Waals surface area contributed by atoms with E-state index in [-0.39, 0.29) is 11.5 Å². The molecule has 100 valence electrons. The first kappa shape index (κ1) is 13.3. The number of methoxy groups -OCH3 is 1. The summed E-state index contributed by atoms with van der Waals surface area (Å²) in [6.45, 7) is 3.56. The summed E-state index contributed by atoms with van der Waals surface area (Å²) in [7, 11) is 1.65. The number of anilines is 1. The van der Waals surface area contributed by atoms with E-state index in [2.05, 4.69) is 5.32 Å². The molecule has 1 fully saturated rings. The van der Waals surface area contributed by atoms with Crippen LogP contribution >= 0.6 is 11.3 Å². The Morgan fingerprint density at radius 1 is 1.72 bits per heavy atom. The molecule has 5 nitrogen and oxygen atoms in total. The van der Waals surface area contributed by atoms with Crippen molar-refractivity contribution in [2.75, 3.05) is 32.6 Å². The van der Waals surface area contributed by atoms with Crippen molar-refractivity contribution in [3.05, 3.63) is 15.8 Å². The van der Waals surface area contributed by atoms with Crippen LogP contribution in [0.4, 0.5) is 5.69 Å². The van der Waals surface area contributed by atoms with Crippen LogP contribution in [0.5, 0.6) is 0 Å². The van der Waals surface area contributed by atoms with Crippen molar-refractivity contribution in [2.45, 2.75) is 18.9 Å². The Kier molecular flexibility index (Phi) is 3.89. The third-order valence-electron chi connectivity index (χ3n) is 3.25. The summed E-state index contributed by atoms with van der Waals surface area (Å²) < 4.78 is 10.8. The fourth-order valence-electron chi connectivity index (χ4n) is 1.90. The highest BCUT2D eigenvalue weighted by atomic mass is 32.1. The molecule has 0 aromatic carbocycles. The lowest BCUT2D eigenvalue weighted by Gasteiger charge is -2.25. The molecular formula is C12H18N2O3S. The first-order valence-electron chi connectivity index (χ1n) is 5.83. The minimum Gasteiger partial charge on any atom is -0.398 e. The highest BCUT2D eigenvalue weighted by molar-refractivity contribution is 7.14. The highest BCUT2D eigenvalue weighted by Crippen LogP contribution is 2.24. The van der Waals surface area contributed by atoms with Crippen LogP contribution in [-0.4, -0.2) is 38.4 Å². The van der Waals surface area contributed by atoms with Gasteiger partial charge in [-0.2, -0.15) is 0 Å². The number of carbonyl (C=O) groups excluding carboxylic acids is 1. The van der Waals surface area contributed by atoms with E-state index in [9.17, 15) is 4.79 Å². The number of hydrogen-bond acceptors (Lipinski definition) is 5. The van der Waals surface area contributed by atoms with Gasteiger partial charge in [0.2, 0.25) is 0 Å². The number of nitrogen functional groups attached to an aromatic ring is 1. The molecule has 1 aromatic heterocycles. The maximum atomic E-state index is 12.0. The number of carbonyl (C=O) groups is 1. The average molecular weight is 270 g/mol. The molecule has 0 bridgehead atoms. The molecule has 6 heteroatoms. The molecule has 0 radical (unpaired) electrons. The van der Waals surface area contributed by atoms with Gasteiger partial charge < -0.3 is 20.5 Å². The summed E-state index contributed by atoms with van der Waals surface area (Å²) >= 11 is 1.40. The number of amides is 1. The molecule has 3 N–H and O–H groups in total. The summed E-state index contributed by atoms with van der Waals surface area (Å²) in [6, 6.07) is 1.71. The smallest absolute Gasteiger partial charge is 0.261 e. The van der Waals surface area contributed by atoms with Crippen LogP contribution in [-0.2, 0) is 9.47 Å². The Bertz CT molecular complexity index is 419. The van der Waals surface area contributed by atoms with Gasteiger partial charge in [-0.15, -0.1) is 11.3 Å². The second-order valence-corrected chi connectivity index (χ2v) is 5.75. The van der Waals surface area contributed by atoms with Crippen LogP contribution in [0.15, 0.2) is 6.07 Å². The number of thiophene rings is 1. The minimum atomic E-state index is -0.381. The molecule has 2 rings (SSSR count). The predicted molar refractivity (Wildman–Crippen MR) is 71.0 cm³/mol. The zero-order valence-electron chi connectivity index (χ0n) is 10.6. The number of nitrogens with two attached hydrogens (primary N) is 1. The first-order chi connectivity index (χ1) is 8.56. The van der Waals surface area contributed by atoms with E-state index in [1.54, 1.807) is 13.2 Å².